The molecule has 0 amide bonds. The lowest BCUT2D eigenvalue weighted by atomic mass is 9.79. The maximum absolute atomic E-state index is 6.00. The molecule has 0 aromatic heterocycles. The number of piperidine rings is 3. The topological polar surface area (TPSA) is 21.7 Å². The van der Waals surface area contributed by atoms with Crippen molar-refractivity contribution in [3.63, 3.8) is 0 Å². The highest BCUT2D eigenvalue weighted by atomic mass is 16.6. The third-order valence-corrected chi connectivity index (χ3v) is 4.93. The molecule has 4 heterocycles. The smallest absolute Gasteiger partial charge is 0.0862 e. The molecule has 4 rings (SSSR count). The van der Waals surface area contributed by atoms with Gasteiger partial charge in [0.15, 0.2) is 0 Å². The number of nitrogens with zero attached hydrogens (tertiary/aromatic N) is 1. The number of rotatable bonds is 4. The van der Waals surface area contributed by atoms with E-state index in [0.29, 0.717) is 18.1 Å². The number of fused-ring (bicyclic) bond motifs is 3. The second-order valence-corrected chi connectivity index (χ2v) is 6.63. The molecule has 4 saturated heterocycles. The monoisotopic (exact) mass is 253 g/mol. The molecule has 4 fully saturated rings. The predicted molar refractivity (Wildman–Crippen MR) is 71.6 cm³/mol. The highest BCUT2D eigenvalue weighted by Gasteiger charge is 2.38. The van der Waals surface area contributed by atoms with E-state index in [1.54, 1.807) is 0 Å². The van der Waals surface area contributed by atoms with E-state index in [4.69, 9.17) is 9.47 Å². The van der Waals surface area contributed by atoms with Crippen LogP contribution in [0, 0.1) is 11.8 Å². The summed E-state index contributed by atoms with van der Waals surface area (Å²) >= 11 is 0. The van der Waals surface area contributed by atoms with Gasteiger partial charge in [0.05, 0.1) is 25.4 Å². The third kappa shape index (κ3) is 2.73. The van der Waals surface area contributed by atoms with Crippen LogP contribution in [-0.2, 0) is 9.47 Å². The fourth-order valence-corrected chi connectivity index (χ4v) is 3.98. The first-order chi connectivity index (χ1) is 8.72. The van der Waals surface area contributed by atoms with Crippen molar-refractivity contribution in [2.45, 2.75) is 57.8 Å². The SMILES string of the molecule is CC(C)OC1COCC1CC1CC2CCN1CC2. The lowest BCUT2D eigenvalue weighted by Gasteiger charge is -2.46. The number of hydrogen-bond donors (Lipinski definition) is 0. The van der Waals surface area contributed by atoms with Crippen LogP contribution in [0.4, 0.5) is 0 Å². The van der Waals surface area contributed by atoms with Crippen LogP contribution in [0.25, 0.3) is 0 Å². The summed E-state index contributed by atoms with van der Waals surface area (Å²) in [7, 11) is 0. The summed E-state index contributed by atoms with van der Waals surface area (Å²) in [5.74, 6) is 1.63. The van der Waals surface area contributed by atoms with Crippen LogP contribution < -0.4 is 0 Å². The van der Waals surface area contributed by atoms with Gasteiger partial charge in [-0.05, 0) is 58.5 Å². The fraction of sp³-hybridized carbons (Fsp3) is 1.00. The maximum Gasteiger partial charge on any atom is 0.0862 e. The Kier molecular flexibility index (Phi) is 3.92. The molecule has 104 valence electrons. The summed E-state index contributed by atoms with van der Waals surface area (Å²) in [5, 5.41) is 0. The molecular weight excluding hydrogens is 226 g/mol. The molecule has 3 heteroatoms. The summed E-state index contributed by atoms with van der Waals surface area (Å²) in [6, 6.07) is 0.808. The fourth-order valence-electron chi connectivity index (χ4n) is 3.98. The molecule has 4 aliphatic heterocycles. The zero-order chi connectivity index (χ0) is 12.5. The first-order valence-electron chi connectivity index (χ1n) is 7.69. The highest BCUT2D eigenvalue weighted by molar-refractivity contribution is 4.91. The van der Waals surface area contributed by atoms with E-state index in [1.165, 1.54) is 38.8 Å². The minimum atomic E-state index is 0.322. The van der Waals surface area contributed by atoms with Crippen LogP contribution in [0.1, 0.15) is 39.5 Å². The van der Waals surface area contributed by atoms with Crippen molar-refractivity contribution in [3.8, 4) is 0 Å². The standard InChI is InChI=1S/C15H27NO2/c1-11(2)18-15-10-17-9-13(15)8-14-7-12-3-5-16(14)6-4-12/h11-15H,3-10H2,1-2H3. The molecule has 0 spiro atoms. The van der Waals surface area contributed by atoms with E-state index in [9.17, 15) is 0 Å². The molecule has 0 aromatic rings. The molecule has 0 aliphatic carbocycles. The molecule has 0 radical (unpaired) electrons. The van der Waals surface area contributed by atoms with Gasteiger partial charge in [0.2, 0.25) is 0 Å². The zero-order valence-corrected chi connectivity index (χ0v) is 11.8. The van der Waals surface area contributed by atoms with Gasteiger partial charge in [-0.3, -0.25) is 0 Å². The predicted octanol–water partition coefficient (Wildman–Crippen LogP) is 2.30. The van der Waals surface area contributed by atoms with Crippen molar-refractivity contribution in [2.75, 3.05) is 26.3 Å². The first kappa shape index (κ1) is 12.9. The van der Waals surface area contributed by atoms with E-state index < -0.39 is 0 Å². The third-order valence-electron chi connectivity index (χ3n) is 4.93. The maximum atomic E-state index is 6.00. The van der Waals surface area contributed by atoms with Crippen LogP contribution in [0.15, 0.2) is 0 Å². The summed E-state index contributed by atoms with van der Waals surface area (Å²) in [6.07, 6.45) is 6.24. The molecule has 2 bridgehead atoms. The molecule has 0 saturated carbocycles. The summed E-state index contributed by atoms with van der Waals surface area (Å²) in [4.78, 5) is 2.71. The van der Waals surface area contributed by atoms with E-state index in [0.717, 1.165) is 25.2 Å². The van der Waals surface area contributed by atoms with Gasteiger partial charge in [-0.25, -0.2) is 0 Å². The lowest BCUT2D eigenvalue weighted by Crippen LogP contribution is -2.50. The second kappa shape index (κ2) is 5.48. The quantitative estimate of drug-likeness (QED) is 0.767. The van der Waals surface area contributed by atoms with Crippen molar-refractivity contribution >= 4 is 0 Å². The van der Waals surface area contributed by atoms with E-state index in [2.05, 4.69) is 18.7 Å². The van der Waals surface area contributed by atoms with Gasteiger partial charge in [0.25, 0.3) is 0 Å². The first-order valence-corrected chi connectivity index (χ1v) is 7.69. The molecule has 4 aliphatic rings. The average Bonchev–Trinajstić information content (AvgIpc) is 2.77. The van der Waals surface area contributed by atoms with Crippen molar-refractivity contribution in [2.24, 2.45) is 11.8 Å². The van der Waals surface area contributed by atoms with Crippen LogP contribution in [0.2, 0.25) is 0 Å². The van der Waals surface area contributed by atoms with Gasteiger partial charge in [-0.1, -0.05) is 0 Å². The van der Waals surface area contributed by atoms with Gasteiger partial charge in [-0.15, -0.1) is 0 Å². The zero-order valence-electron chi connectivity index (χ0n) is 11.8. The van der Waals surface area contributed by atoms with Crippen molar-refractivity contribution in [1.82, 2.24) is 4.90 Å². The van der Waals surface area contributed by atoms with E-state index in [1.807, 2.05) is 0 Å². The van der Waals surface area contributed by atoms with E-state index in [-0.39, 0.29) is 0 Å². The average molecular weight is 253 g/mol. The molecule has 0 aromatic carbocycles. The Labute approximate surface area is 111 Å². The Morgan fingerprint density at radius 1 is 1.22 bits per heavy atom. The molecule has 18 heavy (non-hydrogen) atoms. The van der Waals surface area contributed by atoms with Crippen LogP contribution in [0.5, 0.6) is 0 Å². The van der Waals surface area contributed by atoms with Gasteiger partial charge in [-0.2, -0.15) is 0 Å². The van der Waals surface area contributed by atoms with Crippen LogP contribution in [-0.4, -0.2) is 49.5 Å². The minimum absolute atomic E-state index is 0.322. The number of hydrogen-bond acceptors (Lipinski definition) is 3. The molecular formula is C15H27NO2. The Hall–Kier alpha value is -0.120. The normalized spacial score (nSPS) is 43.8. The summed E-state index contributed by atoms with van der Waals surface area (Å²) < 4.78 is 11.7. The van der Waals surface area contributed by atoms with Gasteiger partial charge in [0, 0.05) is 12.0 Å². The largest absolute Gasteiger partial charge is 0.378 e. The van der Waals surface area contributed by atoms with Gasteiger partial charge < -0.3 is 14.4 Å². The van der Waals surface area contributed by atoms with Crippen molar-refractivity contribution < 1.29 is 9.47 Å². The van der Waals surface area contributed by atoms with Crippen molar-refractivity contribution in [1.29, 1.82) is 0 Å². The second-order valence-electron chi connectivity index (χ2n) is 6.63. The minimum Gasteiger partial charge on any atom is -0.378 e. The van der Waals surface area contributed by atoms with Crippen LogP contribution >= 0.6 is 0 Å². The molecule has 3 unspecified atom stereocenters. The Morgan fingerprint density at radius 3 is 2.61 bits per heavy atom. The van der Waals surface area contributed by atoms with Gasteiger partial charge >= 0.3 is 0 Å². The molecule has 0 N–H and O–H groups in total. The molecule has 3 nitrogen and oxygen atoms in total. The van der Waals surface area contributed by atoms with Crippen LogP contribution in [0.3, 0.4) is 0 Å². The lowest BCUT2D eigenvalue weighted by molar-refractivity contribution is -0.0276. The van der Waals surface area contributed by atoms with Gasteiger partial charge in [0.1, 0.15) is 0 Å². The van der Waals surface area contributed by atoms with Crippen molar-refractivity contribution in [3.05, 3.63) is 0 Å². The summed E-state index contributed by atoms with van der Waals surface area (Å²) in [6.45, 7) is 8.63. The Bertz CT molecular complexity index is 274. The Morgan fingerprint density at radius 2 is 2.00 bits per heavy atom. The summed E-state index contributed by atoms with van der Waals surface area (Å²) in [5.41, 5.74) is 0. The Balaban J connectivity index is 1.55. The molecule has 3 atom stereocenters. The highest BCUT2D eigenvalue weighted by Crippen LogP contribution is 2.36. The van der Waals surface area contributed by atoms with E-state index >= 15 is 0 Å². The number of ether oxygens (including phenoxy) is 2.